The maximum absolute atomic E-state index is 6.24. The van der Waals surface area contributed by atoms with E-state index in [0.29, 0.717) is 12.5 Å². The third kappa shape index (κ3) is 2.66. The van der Waals surface area contributed by atoms with Crippen LogP contribution >= 0.6 is 0 Å². The lowest BCUT2D eigenvalue weighted by molar-refractivity contribution is 0.160. The summed E-state index contributed by atoms with van der Waals surface area (Å²) in [5.41, 5.74) is 6.24. The monoisotopic (exact) mass is 223 g/mol. The zero-order chi connectivity index (χ0) is 11.4. The summed E-state index contributed by atoms with van der Waals surface area (Å²) in [6.07, 6.45) is 6.45. The van der Waals surface area contributed by atoms with Crippen molar-refractivity contribution >= 4 is 0 Å². The number of rotatable bonds is 4. The van der Waals surface area contributed by atoms with Crippen LogP contribution in [-0.2, 0) is 11.3 Å². The summed E-state index contributed by atoms with van der Waals surface area (Å²) in [6.45, 7) is 0.525. The first kappa shape index (κ1) is 11.7. The lowest BCUT2D eigenvalue weighted by atomic mass is 9.83. The van der Waals surface area contributed by atoms with Crippen LogP contribution in [0.1, 0.15) is 49.7 Å². The molecular weight excluding hydrogens is 202 g/mol. The molecule has 0 radical (unpaired) electrons. The van der Waals surface area contributed by atoms with Crippen molar-refractivity contribution in [1.82, 2.24) is 0 Å². The molecule has 1 heterocycles. The van der Waals surface area contributed by atoms with Gasteiger partial charge in [0, 0.05) is 7.11 Å². The van der Waals surface area contributed by atoms with Crippen molar-refractivity contribution in [1.29, 1.82) is 0 Å². The predicted octanol–water partition coefficient (Wildman–Crippen LogP) is 3.01. The van der Waals surface area contributed by atoms with Crippen molar-refractivity contribution in [3.05, 3.63) is 23.7 Å². The molecule has 1 aliphatic rings. The first-order valence-electron chi connectivity index (χ1n) is 6.14. The van der Waals surface area contributed by atoms with Gasteiger partial charge in [0.1, 0.15) is 18.1 Å². The average molecular weight is 223 g/mol. The minimum Gasteiger partial charge on any atom is -0.462 e. The molecule has 1 aromatic heterocycles. The summed E-state index contributed by atoms with van der Waals surface area (Å²) in [6, 6.07) is 4.01. The van der Waals surface area contributed by atoms with E-state index in [1.807, 2.05) is 12.1 Å². The van der Waals surface area contributed by atoms with Gasteiger partial charge in [-0.1, -0.05) is 19.3 Å². The third-order valence-corrected chi connectivity index (χ3v) is 3.46. The molecule has 3 heteroatoms. The molecule has 1 fully saturated rings. The highest BCUT2D eigenvalue weighted by molar-refractivity contribution is 5.11. The molecule has 1 atom stereocenters. The summed E-state index contributed by atoms with van der Waals surface area (Å²) in [5.74, 6) is 2.37. The van der Waals surface area contributed by atoms with E-state index in [-0.39, 0.29) is 6.04 Å². The Bertz CT molecular complexity index is 315. The topological polar surface area (TPSA) is 48.4 Å². The van der Waals surface area contributed by atoms with Gasteiger partial charge in [-0.05, 0) is 30.9 Å². The molecule has 2 N–H and O–H groups in total. The SMILES string of the molecule is COCc1ccc(C(N)C2CCCCC2)o1. The highest BCUT2D eigenvalue weighted by atomic mass is 16.5. The molecule has 0 aliphatic heterocycles. The molecule has 1 saturated carbocycles. The highest BCUT2D eigenvalue weighted by Crippen LogP contribution is 2.33. The Labute approximate surface area is 97.0 Å². The molecule has 2 rings (SSSR count). The molecule has 1 aliphatic carbocycles. The van der Waals surface area contributed by atoms with Gasteiger partial charge in [-0.3, -0.25) is 0 Å². The molecule has 1 aromatic rings. The van der Waals surface area contributed by atoms with Crippen molar-refractivity contribution in [3.8, 4) is 0 Å². The second-order valence-electron chi connectivity index (χ2n) is 4.66. The lowest BCUT2D eigenvalue weighted by Crippen LogP contribution is -2.23. The molecule has 0 bridgehead atoms. The van der Waals surface area contributed by atoms with E-state index in [1.165, 1.54) is 32.1 Å². The number of furan rings is 1. The number of hydrogen-bond acceptors (Lipinski definition) is 3. The smallest absolute Gasteiger partial charge is 0.129 e. The van der Waals surface area contributed by atoms with Crippen molar-refractivity contribution in [2.75, 3.05) is 7.11 Å². The fourth-order valence-corrected chi connectivity index (χ4v) is 2.52. The molecule has 16 heavy (non-hydrogen) atoms. The summed E-state index contributed by atoms with van der Waals surface area (Å²) in [5, 5.41) is 0. The van der Waals surface area contributed by atoms with Crippen LogP contribution in [0.4, 0.5) is 0 Å². The van der Waals surface area contributed by atoms with E-state index >= 15 is 0 Å². The molecule has 1 unspecified atom stereocenters. The van der Waals surface area contributed by atoms with Crippen LogP contribution in [0.25, 0.3) is 0 Å². The van der Waals surface area contributed by atoms with Crippen molar-refractivity contribution < 1.29 is 9.15 Å². The van der Waals surface area contributed by atoms with Crippen LogP contribution in [0.5, 0.6) is 0 Å². The van der Waals surface area contributed by atoms with Crippen LogP contribution in [0.15, 0.2) is 16.5 Å². The van der Waals surface area contributed by atoms with Crippen LogP contribution in [-0.4, -0.2) is 7.11 Å². The molecule has 0 saturated heterocycles. The van der Waals surface area contributed by atoms with E-state index in [9.17, 15) is 0 Å². The fraction of sp³-hybridized carbons (Fsp3) is 0.692. The van der Waals surface area contributed by atoms with Crippen LogP contribution in [0.3, 0.4) is 0 Å². The van der Waals surface area contributed by atoms with Crippen molar-refractivity contribution in [2.45, 2.75) is 44.8 Å². The van der Waals surface area contributed by atoms with E-state index in [0.717, 1.165) is 11.5 Å². The van der Waals surface area contributed by atoms with E-state index in [1.54, 1.807) is 7.11 Å². The maximum atomic E-state index is 6.24. The van der Waals surface area contributed by atoms with Gasteiger partial charge in [0.15, 0.2) is 0 Å². The highest BCUT2D eigenvalue weighted by Gasteiger charge is 2.24. The van der Waals surface area contributed by atoms with Crippen LogP contribution in [0, 0.1) is 5.92 Å². The Kier molecular flexibility index (Phi) is 4.02. The molecule has 0 aromatic carbocycles. The van der Waals surface area contributed by atoms with E-state index in [2.05, 4.69) is 0 Å². The van der Waals surface area contributed by atoms with Crippen LogP contribution in [0.2, 0.25) is 0 Å². The minimum absolute atomic E-state index is 0.0610. The number of hydrogen-bond donors (Lipinski definition) is 1. The quantitative estimate of drug-likeness (QED) is 0.853. The third-order valence-electron chi connectivity index (χ3n) is 3.46. The van der Waals surface area contributed by atoms with E-state index < -0.39 is 0 Å². The summed E-state index contributed by atoms with van der Waals surface area (Å²) < 4.78 is 10.7. The number of nitrogens with two attached hydrogens (primary N) is 1. The van der Waals surface area contributed by atoms with Gasteiger partial charge in [0.2, 0.25) is 0 Å². The summed E-state index contributed by atoms with van der Waals surface area (Å²) in [4.78, 5) is 0. The zero-order valence-electron chi connectivity index (χ0n) is 9.95. The minimum atomic E-state index is 0.0610. The van der Waals surface area contributed by atoms with Gasteiger partial charge in [-0.25, -0.2) is 0 Å². The van der Waals surface area contributed by atoms with Gasteiger partial charge in [0.25, 0.3) is 0 Å². The Morgan fingerprint density at radius 2 is 2.12 bits per heavy atom. The van der Waals surface area contributed by atoms with Gasteiger partial charge in [-0.15, -0.1) is 0 Å². The Morgan fingerprint density at radius 3 is 2.81 bits per heavy atom. The van der Waals surface area contributed by atoms with Crippen LogP contribution < -0.4 is 5.73 Å². The maximum Gasteiger partial charge on any atom is 0.129 e. The normalized spacial score (nSPS) is 19.9. The molecule has 90 valence electrons. The Morgan fingerprint density at radius 1 is 1.38 bits per heavy atom. The molecule has 0 amide bonds. The first-order valence-corrected chi connectivity index (χ1v) is 6.14. The van der Waals surface area contributed by atoms with Crippen molar-refractivity contribution in [3.63, 3.8) is 0 Å². The van der Waals surface area contributed by atoms with Gasteiger partial charge in [-0.2, -0.15) is 0 Å². The number of ether oxygens (including phenoxy) is 1. The van der Waals surface area contributed by atoms with Gasteiger partial charge < -0.3 is 14.9 Å². The lowest BCUT2D eigenvalue weighted by Gasteiger charge is -2.26. The summed E-state index contributed by atoms with van der Waals surface area (Å²) >= 11 is 0. The largest absolute Gasteiger partial charge is 0.462 e. The fourth-order valence-electron chi connectivity index (χ4n) is 2.52. The molecular formula is C13H21NO2. The predicted molar refractivity (Wildman–Crippen MR) is 62.9 cm³/mol. The number of methoxy groups -OCH3 is 1. The molecule has 0 spiro atoms. The standard InChI is InChI=1S/C13H21NO2/c1-15-9-11-7-8-12(16-11)13(14)10-5-3-2-4-6-10/h7-8,10,13H,2-6,9,14H2,1H3. The second-order valence-corrected chi connectivity index (χ2v) is 4.66. The van der Waals surface area contributed by atoms with Crippen molar-refractivity contribution in [2.24, 2.45) is 11.7 Å². The average Bonchev–Trinajstić information content (AvgIpc) is 2.78. The zero-order valence-corrected chi connectivity index (χ0v) is 9.95. The first-order chi connectivity index (χ1) is 7.81. The van der Waals surface area contributed by atoms with Gasteiger partial charge >= 0.3 is 0 Å². The Balaban J connectivity index is 1.98. The molecule has 3 nitrogen and oxygen atoms in total. The Hall–Kier alpha value is -0.800. The van der Waals surface area contributed by atoms with Gasteiger partial charge in [0.05, 0.1) is 6.04 Å². The summed E-state index contributed by atoms with van der Waals surface area (Å²) in [7, 11) is 1.67. The van der Waals surface area contributed by atoms with E-state index in [4.69, 9.17) is 14.9 Å². The second kappa shape index (κ2) is 5.51.